The maximum absolute atomic E-state index is 12.0. The fraction of sp³-hybridized carbons (Fsp3) is 0.750. The number of nitrogens with zero attached hydrogens (tertiary/aromatic N) is 3. The lowest BCUT2D eigenvalue weighted by Gasteiger charge is -2.18. The first-order valence-electron chi connectivity index (χ1n) is 8.08. The van der Waals surface area contributed by atoms with E-state index in [2.05, 4.69) is 33.7 Å². The second kappa shape index (κ2) is 9.05. The van der Waals surface area contributed by atoms with Crippen LogP contribution in [0.15, 0.2) is 11.1 Å². The fourth-order valence-electron chi connectivity index (χ4n) is 2.13. The molecule has 2 N–H and O–H groups in total. The molecule has 1 rings (SSSR count). The van der Waals surface area contributed by atoms with E-state index in [1.54, 1.807) is 7.05 Å². The Kier molecular flexibility index (Phi) is 7.75. The number of rotatable bonds is 7. The van der Waals surface area contributed by atoms with E-state index in [-0.39, 0.29) is 4.75 Å². The summed E-state index contributed by atoms with van der Waals surface area (Å²) in [5, 5.41) is 10.9. The Labute approximate surface area is 142 Å². The van der Waals surface area contributed by atoms with Crippen molar-refractivity contribution >= 4 is 16.8 Å². The van der Waals surface area contributed by atoms with Gasteiger partial charge in [-0.1, -0.05) is 0 Å². The highest BCUT2D eigenvalue weighted by Gasteiger charge is 2.18. The van der Waals surface area contributed by atoms with Crippen molar-refractivity contribution in [2.45, 2.75) is 52.3 Å². The second-order valence-corrected chi connectivity index (χ2v) is 8.92. The van der Waals surface area contributed by atoms with Crippen LogP contribution in [0.25, 0.3) is 0 Å². The molecule has 6 nitrogen and oxygen atoms in total. The number of hydrogen-bond acceptors (Lipinski definition) is 3. The lowest BCUT2D eigenvalue weighted by molar-refractivity contribution is 0.555. The van der Waals surface area contributed by atoms with Gasteiger partial charge in [-0.05, 0) is 47.1 Å². The predicted octanol–water partition coefficient (Wildman–Crippen LogP) is 1.60. The zero-order chi connectivity index (χ0) is 17.5. The second-order valence-electron chi connectivity index (χ2n) is 6.59. The summed E-state index contributed by atoms with van der Waals surface area (Å²) in [6, 6.07) is 2.09. The van der Waals surface area contributed by atoms with Gasteiger partial charge in [0.1, 0.15) is 0 Å². The van der Waals surface area contributed by atoms with Crippen molar-refractivity contribution in [1.29, 1.82) is 0 Å². The van der Waals surface area contributed by atoms with Gasteiger partial charge in [-0.3, -0.25) is 13.9 Å². The zero-order valence-electron chi connectivity index (χ0n) is 15.3. The first-order chi connectivity index (χ1) is 10.7. The Hall–Kier alpha value is -1.37. The molecule has 1 heterocycles. The zero-order valence-corrected chi connectivity index (χ0v) is 16.1. The average Bonchev–Trinajstić information content (AvgIpc) is 2.78. The van der Waals surface area contributed by atoms with E-state index in [0.29, 0.717) is 12.3 Å². The summed E-state index contributed by atoms with van der Waals surface area (Å²) < 4.78 is 13.8. The summed E-state index contributed by atoms with van der Waals surface area (Å²) >= 11 is 0. The monoisotopic (exact) mass is 341 g/mol. The summed E-state index contributed by atoms with van der Waals surface area (Å²) in [6.07, 6.45) is 0.969. The van der Waals surface area contributed by atoms with Crippen LogP contribution in [0.5, 0.6) is 0 Å². The molecule has 7 heteroatoms. The van der Waals surface area contributed by atoms with Gasteiger partial charge in [0.25, 0.3) is 0 Å². The van der Waals surface area contributed by atoms with Gasteiger partial charge in [-0.25, -0.2) is 0 Å². The number of aliphatic imine (C=N–C) groups is 1. The lowest BCUT2D eigenvalue weighted by atomic mass is 10.3. The van der Waals surface area contributed by atoms with Gasteiger partial charge in [-0.15, -0.1) is 0 Å². The van der Waals surface area contributed by atoms with Crippen molar-refractivity contribution in [2.24, 2.45) is 4.99 Å². The van der Waals surface area contributed by atoms with Crippen LogP contribution < -0.4 is 10.6 Å². The van der Waals surface area contributed by atoms with Crippen LogP contribution in [0.4, 0.5) is 0 Å². The molecular formula is C16H31N5OS. The number of aromatic nitrogens is 2. The van der Waals surface area contributed by atoms with Crippen molar-refractivity contribution in [3.8, 4) is 0 Å². The quantitative estimate of drug-likeness (QED) is 0.449. The molecule has 0 saturated heterocycles. The lowest BCUT2D eigenvalue weighted by Crippen LogP contribution is -2.40. The van der Waals surface area contributed by atoms with E-state index in [1.165, 1.54) is 5.69 Å². The van der Waals surface area contributed by atoms with Crippen LogP contribution in [0.2, 0.25) is 0 Å². The Morgan fingerprint density at radius 1 is 1.30 bits per heavy atom. The van der Waals surface area contributed by atoms with Gasteiger partial charge in [0.15, 0.2) is 5.96 Å². The molecule has 1 aromatic heterocycles. The molecule has 0 aromatic carbocycles. The maximum atomic E-state index is 12.0. The highest BCUT2D eigenvalue weighted by Crippen LogP contribution is 2.10. The molecule has 0 fully saturated rings. The molecule has 0 aliphatic rings. The van der Waals surface area contributed by atoms with Gasteiger partial charge >= 0.3 is 0 Å². The summed E-state index contributed by atoms with van der Waals surface area (Å²) in [4.78, 5) is 4.19. The van der Waals surface area contributed by atoms with Crippen LogP contribution in [-0.2, 0) is 17.3 Å². The Balaban J connectivity index is 2.24. The van der Waals surface area contributed by atoms with Crippen LogP contribution in [0.3, 0.4) is 0 Å². The van der Waals surface area contributed by atoms with E-state index in [1.807, 2.05) is 32.4 Å². The minimum atomic E-state index is -0.845. The van der Waals surface area contributed by atoms with Gasteiger partial charge in [0.05, 0.1) is 5.69 Å². The van der Waals surface area contributed by atoms with Crippen molar-refractivity contribution in [3.63, 3.8) is 0 Å². The van der Waals surface area contributed by atoms with Gasteiger partial charge in [-0.2, -0.15) is 5.10 Å². The third-order valence-corrected chi connectivity index (χ3v) is 5.37. The molecule has 0 bridgehead atoms. The Bertz CT molecular complexity index is 545. The number of hydrogen-bond donors (Lipinski definition) is 2. The van der Waals surface area contributed by atoms with Crippen molar-refractivity contribution in [2.75, 3.05) is 25.9 Å². The summed E-state index contributed by atoms with van der Waals surface area (Å²) in [5.41, 5.74) is 2.24. The van der Waals surface area contributed by atoms with E-state index in [9.17, 15) is 4.21 Å². The molecular weight excluding hydrogens is 310 g/mol. The molecule has 1 atom stereocenters. The summed E-state index contributed by atoms with van der Waals surface area (Å²) in [7, 11) is 0.902. The average molecular weight is 342 g/mol. The van der Waals surface area contributed by atoms with Crippen LogP contribution in [-0.4, -0.2) is 50.6 Å². The predicted molar refractivity (Wildman–Crippen MR) is 98.4 cm³/mol. The normalized spacial score (nSPS) is 13.9. The first-order valence-corrected chi connectivity index (χ1v) is 9.40. The number of guanidine groups is 1. The minimum Gasteiger partial charge on any atom is -0.356 e. The van der Waals surface area contributed by atoms with Gasteiger partial charge < -0.3 is 10.6 Å². The number of nitrogens with one attached hydrogen (secondary N) is 2. The highest BCUT2D eigenvalue weighted by molar-refractivity contribution is 7.86. The topological polar surface area (TPSA) is 71.3 Å². The van der Waals surface area contributed by atoms with Crippen LogP contribution >= 0.6 is 0 Å². The first kappa shape index (κ1) is 19.7. The smallest absolute Gasteiger partial charge is 0.191 e. The van der Waals surface area contributed by atoms with E-state index in [0.717, 1.165) is 31.2 Å². The molecule has 0 aliphatic heterocycles. The number of aryl methyl sites for hydroxylation is 3. The van der Waals surface area contributed by atoms with Crippen LogP contribution in [0.1, 0.15) is 38.6 Å². The van der Waals surface area contributed by atoms with E-state index in [4.69, 9.17) is 0 Å². The largest absolute Gasteiger partial charge is 0.356 e. The molecule has 0 aliphatic carbocycles. The van der Waals surface area contributed by atoms with Crippen molar-refractivity contribution in [1.82, 2.24) is 20.4 Å². The maximum Gasteiger partial charge on any atom is 0.191 e. The van der Waals surface area contributed by atoms with E-state index >= 15 is 0 Å². The molecule has 0 amide bonds. The third-order valence-electron chi connectivity index (χ3n) is 3.43. The Morgan fingerprint density at radius 2 is 1.96 bits per heavy atom. The van der Waals surface area contributed by atoms with Crippen molar-refractivity contribution in [3.05, 3.63) is 17.5 Å². The van der Waals surface area contributed by atoms with Crippen molar-refractivity contribution < 1.29 is 4.21 Å². The molecule has 132 valence electrons. The summed E-state index contributed by atoms with van der Waals surface area (Å²) in [5.74, 6) is 1.37. The van der Waals surface area contributed by atoms with Gasteiger partial charge in [0, 0.05) is 53.7 Å². The molecule has 0 radical (unpaired) electrons. The van der Waals surface area contributed by atoms with E-state index < -0.39 is 10.8 Å². The van der Waals surface area contributed by atoms with Crippen LogP contribution in [0, 0.1) is 13.8 Å². The molecule has 1 aromatic rings. The van der Waals surface area contributed by atoms with Gasteiger partial charge in [0.2, 0.25) is 0 Å². The minimum absolute atomic E-state index is 0.168. The summed E-state index contributed by atoms with van der Waals surface area (Å²) in [6.45, 7) is 12.4. The SMILES string of the molecule is CN=C(NCCCn1nc(C)cc1C)NCCS(=O)C(C)(C)C. The molecule has 23 heavy (non-hydrogen) atoms. The molecule has 0 saturated carbocycles. The standard InChI is InChI=1S/C16H31N5OS/c1-13-12-14(2)21(20-13)10-7-8-18-15(17-6)19-9-11-23(22)16(3,4)5/h12H,7-11H2,1-6H3,(H2,17,18,19). The molecule has 0 spiro atoms. The fourth-order valence-corrected chi connectivity index (χ4v) is 3.03. The molecule has 1 unspecified atom stereocenters. The highest BCUT2D eigenvalue weighted by atomic mass is 32.2. The Morgan fingerprint density at radius 3 is 2.48 bits per heavy atom. The third kappa shape index (κ3) is 7.16.